The van der Waals surface area contributed by atoms with Gasteiger partial charge in [-0.15, -0.1) is 0 Å². The van der Waals surface area contributed by atoms with Crippen LogP contribution in [0.4, 0.5) is 4.39 Å². The van der Waals surface area contributed by atoms with Crippen molar-refractivity contribution in [3.63, 3.8) is 0 Å². The van der Waals surface area contributed by atoms with Crippen LogP contribution < -0.4 is 10.1 Å². The Bertz CT molecular complexity index is 1180. The van der Waals surface area contributed by atoms with Gasteiger partial charge in [-0.05, 0) is 36.6 Å². The third-order valence-corrected chi connectivity index (χ3v) is 7.02. The average Bonchev–Trinajstić information content (AvgIpc) is 2.92. The van der Waals surface area contributed by atoms with E-state index in [1.165, 1.54) is 11.0 Å². The summed E-state index contributed by atoms with van der Waals surface area (Å²) in [4.78, 5) is 28.8. The lowest BCUT2D eigenvalue weighted by Crippen LogP contribution is -2.53. The van der Waals surface area contributed by atoms with Gasteiger partial charge in [-0.2, -0.15) is 0 Å². The summed E-state index contributed by atoms with van der Waals surface area (Å²) in [6.07, 6.45) is 5.43. The van der Waals surface area contributed by atoms with Crippen molar-refractivity contribution in [1.82, 2.24) is 10.2 Å². The summed E-state index contributed by atoms with van der Waals surface area (Å²) >= 11 is 6.20. The lowest BCUT2D eigenvalue weighted by molar-refractivity contribution is -0.143. The molecule has 1 aliphatic rings. The number of hydrogen-bond donors (Lipinski definition) is 1. The van der Waals surface area contributed by atoms with E-state index in [9.17, 15) is 14.0 Å². The van der Waals surface area contributed by atoms with E-state index < -0.39 is 17.8 Å². The monoisotopic (exact) mass is 522 g/mol. The maximum atomic E-state index is 14.7. The van der Waals surface area contributed by atoms with Gasteiger partial charge in [-0.3, -0.25) is 9.59 Å². The summed E-state index contributed by atoms with van der Waals surface area (Å²) in [5.74, 6) is -0.728. The van der Waals surface area contributed by atoms with Crippen molar-refractivity contribution >= 4 is 23.4 Å². The van der Waals surface area contributed by atoms with Gasteiger partial charge in [0, 0.05) is 24.6 Å². The Morgan fingerprint density at radius 2 is 1.62 bits per heavy atom. The number of halogens is 2. The highest BCUT2D eigenvalue weighted by Crippen LogP contribution is 2.24. The number of nitrogens with zero attached hydrogens (tertiary/aromatic N) is 1. The number of nitrogens with one attached hydrogen (secondary N) is 1. The number of rotatable bonds is 10. The van der Waals surface area contributed by atoms with Crippen LogP contribution in [0.1, 0.15) is 43.2 Å². The maximum Gasteiger partial charge on any atom is 0.261 e. The van der Waals surface area contributed by atoms with Crippen LogP contribution in [0, 0.1) is 5.82 Å². The van der Waals surface area contributed by atoms with Crippen molar-refractivity contribution < 1.29 is 18.7 Å². The van der Waals surface area contributed by atoms with Gasteiger partial charge in [-0.1, -0.05) is 91.5 Å². The van der Waals surface area contributed by atoms with Crippen LogP contribution in [0.15, 0.2) is 78.9 Å². The summed E-state index contributed by atoms with van der Waals surface area (Å²) in [6.45, 7) is -0.396. The van der Waals surface area contributed by atoms with Gasteiger partial charge in [-0.25, -0.2) is 4.39 Å². The molecule has 1 fully saturated rings. The van der Waals surface area contributed by atoms with Crippen molar-refractivity contribution in [2.75, 3.05) is 6.61 Å². The van der Waals surface area contributed by atoms with Gasteiger partial charge >= 0.3 is 0 Å². The molecule has 37 heavy (non-hydrogen) atoms. The number of ether oxygens (including phenoxy) is 1. The highest BCUT2D eigenvalue weighted by Gasteiger charge is 2.32. The van der Waals surface area contributed by atoms with Crippen LogP contribution in [0.5, 0.6) is 5.75 Å². The van der Waals surface area contributed by atoms with Gasteiger partial charge in [0.15, 0.2) is 6.61 Å². The van der Waals surface area contributed by atoms with Crippen molar-refractivity contribution in [3.05, 3.63) is 101 Å². The van der Waals surface area contributed by atoms with Crippen LogP contribution in [0.25, 0.3) is 0 Å². The van der Waals surface area contributed by atoms with Crippen molar-refractivity contribution in [1.29, 1.82) is 0 Å². The Morgan fingerprint density at radius 3 is 2.35 bits per heavy atom. The van der Waals surface area contributed by atoms with Crippen molar-refractivity contribution in [2.45, 2.75) is 57.2 Å². The molecular formula is C30H32ClFN2O3. The minimum absolute atomic E-state index is 0.0625. The van der Waals surface area contributed by atoms with Crippen LogP contribution in [-0.4, -0.2) is 35.4 Å². The van der Waals surface area contributed by atoms with E-state index in [0.717, 1.165) is 37.7 Å². The molecule has 194 valence electrons. The molecule has 0 spiro atoms. The molecular weight excluding hydrogens is 491 g/mol. The zero-order valence-electron chi connectivity index (χ0n) is 20.7. The van der Waals surface area contributed by atoms with Gasteiger partial charge in [0.1, 0.15) is 17.6 Å². The molecule has 5 nitrogen and oxygen atoms in total. The molecule has 0 radical (unpaired) electrons. The fourth-order valence-corrected chi connectivity index (χ4v) is 4.88. The molecule has 0 saturated heterocycles. The zero-order valence-corrected chi connectivity index (χ0v) is 21.5. The Labute approximate surface area is 222 Å². The summed E-state index contributed by atoms with van der Waals surface area (Å²) in [6, 6.07) is 22.0. The van der Waals surface area contributed by atoms with Gasteiger partial charge < -0.3 is 15.0 Å². The predicted molar refractivity (Wildman–Crippen MR) is 143 cm³/mol. The largest absolute Gasteiger partial charge is 0.482 e. The molecule has 1 atom stereocenters. The predicted octanol–water partition coefficient (Wildman–Crippen LogP) is 5.95. The Hall–Kier alpha value is -3.38. The number of hydrogen-bond acceptors (Lipinski definition) is 3. The molecule has 0 aliphatic heterocycles. The molecule has 0 aromatic heterocycles. The van der Waals surface area contributed by atoms with Crippen LogP contribution in [-0.2, 0) is 22.6 Å². The SMILES string of the molecule is O=C(NC1CCCCC1)[C@@H](Cc1ccccc1)N(Cc1ccccc1F)C(=O)COc1ccccc1Cl. The normalized spacial score (nSPS) is 14.5. The van der Waals surface area contributed by atoms with Crippen LogP contribution >= 0.6 is 11.6 Å². The zero-order chi connectivity index (χ0) is 26.0. The van der Waals surface area contributed by atoms with Crippen molar-refractivity contribution in [2.24, 2.45) is 0 Å². The molecule has 3 aromatic rings. The Balaban J connectivity index is 1.62. The van der Waals surface area contributed by atoms with Crippen LogP contribution in [0.2, 0.25) is 5.02 Å². The molecule has 0 unspecified atom stereocenters. The molecule has 4 rings (SSSR count). The summed E-state index contributed by atoms with van der Waals surface area (Å²) in [7, 11) is 0. The molecule has 0 bridgehead atoms. The van der Waals surface area contributed by atoms with E-state index in [-0.39, 0.29) is 25.1 Å². The smallest absolute Gasteiger partial charge is 0.261 e. The second-order valence-electron chi connectivity index (χ2n) is 9.38. The first-order valence-corrected chi connectivity index (χ1v) is 13.1. The van der Waals surface area contributed by atoms with E-state index in [2.05, 4.69) is 5.32 Å². The molecule has 2 amide bonds. The lowest BCUT2D eigenvalue weighted by Gasteiger charge is -2.33. The van der Waals surface area contributed by atoms with Gasteiger partial charge in [0.2, 0.25) is 5.91 Å². The van der Waals surface area contributed by atoms with Gasteiger partial charge in [0.05, 0.1) is 5.02 Å². The topological polar surface area (TPSA) is 58.6 Å². The maximum absolute atomic E-state index is 14.7. The molecule has 3 aromatic carbocycles. The fourth-order valence-electron chi connectivity index (χ4n) is 4.69. The first-order chi connectivity index (χ1) is 18.0. The van der Waals surface area contributed by atoms with Crippen molar-refractivity contribution in [3.8, 4) is 5.75 Å². The third kappa shape index (κ3) is 7.56. The number of para-hydroxylation sites is 1. The highest BCUT2D eigenvalue weighted by atomic mass is 35.5. The number of carbonyl (C=O) groups excluding carboxylic acids is 2. The summed E-state index contributed by atoms with van der Waals surface area (Å²) in [5.41, 5.74) is 1.24. The molecule has 1 N–H and O–H groups in total. The van der Waals surface area contributed by atoms with E-state index in [1.54, 1.807) is 42.5 Å². The summed E-state index contributed by atoms with van der Waals surface area (Å²) in [5, 5.41) is 3.55. The second-order valence-corrected chi connectivity index (χ2v) is 9.79. The molecule has 1 saturated carbocycles. The van der Waals surface area contributed by atoms with E-state index in [0.29, 0.717) is 22.8 Å². The van der Waals surface area contributed by atoms with Gasteiger partial charge in [0.25, 0.3) is 5.91 Å². The minimum Gasteiger partial charge on any atom is -0.482 e. The van der Waals surface area contributed by atoms with E-state index in [1.807, 2.05) is 30.3 Å². The Morgan fingerprint density at radius 1 is 0.946 bits per heavy atom. The number of amides is 2. The minimum atomic E-state index is -0.841. The third-order valence-electron chi connectivity index (χ3n) is 6.71. The Kier molecular flexibility index (Phi) is 9.55. The van der Waals surface area contributed by atoms with Crippen LogP contribution in [0.3, 0.4) is 0 Å². The molecule has 1 aliphatic carbocycles. The number of carbonyl (C=O) groups is 2. The summed E-state index contributed by atoms with van der Waals surface area (Å²) < 4.78 is 20.4. The average molecular weight is 523 g/mol. The first kappa shape index (κ1) is 26.7. The quantitative estimate of drug-likeness (QED) is 0.358. The number of benzene rings is 3. The fraction of sp³-hybridized carbons (Fsp3) is 0.333. The molecule has 7 heteroatoms. The standard InChI is InChI=1S/C30H32ClFN2O3/c31-25-16-8-10-18-28(25)37-21-29(35)34(20-23-13-7-9-17-26(23)32)27(19-22-11-3-1-4-12-22)30(36)33-24-14-5-2-6-15-24/h1,3-4,7-13,16-18,24,27H,2,5-6,14-15,19-21H2,(H,33,36)/t27-/m1/s1. The van der Waals surface area contributed by atoms with E-state index >= 15 is 0 Å². The first-order valence-electron chi connectivity index (χ1n) is 12.8. The second kappa shape index (κ2) is 13.2. The van der Waals surface area contributed by atoms with E-state index in [4.69, 9.17) is 16.3 Å². The molecule has 0 heterocycles. The lowest BCUT2D eigenvalue weighted by atomic mass is 9.94. The highest BCUT2D eigenvalue weighted by molar-refractivity contribution is 6.32.